The second-order valence-electron chi connectivity index (χ2n) is 6.47. The molecule has 0 spiro atoms. The van der Waals surface area contributed by atoms with Gasteiger partial charge in [-0.05, 0) is 56.4 Å². The first kappa shape index (κ1) is 17.5. The highest BCUT2D eigenvalue weighted by Crippen LogP contribution is 2.38. The summed E-state index contributed by atoms with van der Waals surface area (Å²) in [6.07, 6.45) is 1.80. The van der Waals surface area contributed by atoms with Crippen molar-refractivity contribution in [3.8, 4) is 0 Å². The standard InChI is InChI=1S/C16H22BClO4/c1-15(2)16(3,4)22-17(21-15)13(10-20)8-11-5-6-14(18)12(7-11)9-19/h5-8,19-20H,9-10H2,1-4H3. The normalized spacial score (nSPS) is 20.5. The summed E-state index contributed by atoms with van der Waals surface area (Å²) in [6.45, 7) is 7.56. The van der Waals surface area contributed by atoms with Crippen molar-refractivity contribution in [2.75, 3.05) is 6.61 Å². The van der Waals surface area contributed by atoms with Crippen LogP contribution in [0.1, 0.15) is 38.8 Å². The predicted molar refractivity (Wildman–Crippen MR) is 88.5 cm³/mol. The predicted octanol–water partition coefficient (Wildman–Crippen LogP) is 2.84. The molecule has 0 saturated carbocycles. The lowest BCUT2D eigenvalue weighted by Crippen LogP contribution is -2.41. The van der Waals surface area contributed by atoms with E-state index in [0.29, 0.717) is 16.1 Å². The molecule has 22 heavy (non-hydrogen) atoms. The van der Waals surface area contributed by atoms with Gasteiger partial charge in [-0.3, -0.25) is 0 Å². The molecule has 1 aliphatic heterocycles. The minimum atomic E-state index is -0.594. The van der Waals surface area contributed by atoms with Crippen LogP contribution < -0.4 is 0 Å². The average molecular weight is 325 g/mol. The summed E-state index contributed by atoms with van der Waals surface area (Å²) in [7, 11) is -0.594. The summed E-state index contributed by atoms with van der Waals surface area (Å²) in [5.74, 6) is 0. The molecule has 2 N–H and O–H groups in total. The molecule has 1 fully saturated rings. The molecule has 1 aliphatic rings. The number of aliphatic hydroxyl groups excluding tert-OH is 2. The SMILES string of the molecule is CC1(C)OB(C(=Cc2ccc(Cl)c(CO)c2)CO)OC1(C)C. The van der Waals surface area contributed by atoms with Crippen LogP contribution in [0.2, 0.25) is 5.02 Å². The Hall–Kier alpha value is -0.845. The zero-order chi connectivity index (χ0) is 16.5. The third kappa shape index (κ3) is 3.39. The van der Waals surface area contributed by atoms with Crippen molar-refractivity contribution in [2.24, 2.45) is 0 Å². The van der Waals surface area contributed by atoms with Crippen molar-refractivity contribution in [1.82, 2.24) is 0 Å². The second-order valence-corrected chi connectivity index (χ2v) is 6.88. The average Bonchev–Trinajstić information content (AvgIpc) is 2.66. The van der Waals surface area contributed by atoms with E-state index in [1.165, 1.54) is 0 Å². The third-order valence-electron chi connectivity index (χ3n) is 4.33. The van der Waals surface area contributed by atoms with Crippen molar-refractivity contribution in [3.05, 3.63) is 39.8 Å². The highest BCUT2D eigenvalue weighted by atomic mass is 35.5. The van der Waals surface area contributed by atoms with E-state index in [2.05, 4.69) is 0 Å². The maximum atomic E-state index is 9.67. The number of hydrogen-bond acceptors (Lipinski definition) is 4. The molecule has 0 aliphatic carbocycles. The Balaban J connectivity index is 2.29. The molecule has 1 aromatic rings. The molecular formula is C16H22BClO4. The Labute approximate surface area is 136 Å². The van der Waals surface area contributed by atoms with Gasteiger partial charge in [-0.1, -0.05) is 23.7 Å². The Bertz CT molecular complexity index is 568. The first-order valence-corrected chi connectivity index (χ1v) is 7.64. The van der Waals surface area contributed by atoms with Crippen LogP contribution in [-0.2, 0) is 15.9 Å². The van der Waals surface area contributed by atoms with Crippen molar-refractivity contribution in [3.63, 3.8) is 0 Å². The summed E-state index contributed by atoms with van der Waals surface area (Å²) in [5.41, 5.74) is 1.18. The van der Waals surface area contributed by atoms with Crippen molar-refractivity contribution in [1.29, 1.82) is 0 Å². The number of aliphatic hydroxyl groups is 2. The van der Waals surface area contributed by atoms with Crippen LogP contribution in [0.5, 0.6) is 0 Å². The first-order chi connectivity index (χ1) is 10.2. The lowest BCUT2D eigenvalue weighted by atomic mass is 9.77. The fraction of sp³-hybridized carbons (Fsp3) is 0.500. The summed E-state index contributed by atoms with van der Waals surface area (Å²) < 4.78 is 11.9. The van der Waals surface area contributed by atoms with Crippen LogP contribution in [0.15, 0.2) is 23.7 Å². The zero-order valence-corrected chi connectivity index (χ0v) is 14.1. The maximum Gasteiger partial charge on any atom is 0.492 e. The largest absolute Gasteiger partial charge is 0.492 e. The van der Waals surface area contributed by atoms with Gasteiger partial charge in [0.25, 0.3) is 0 Å². The summed E-state index contributed by atoms with van der Waals surface area (Å²) in [5, 5.41) is 19.5. The molecule has 0 bridgehead atoms. The number of rotatable bonds is 4. The smallest absolute Gasteiger partial charge is 0.400 e. The Morgan fingerprint density at radius 1 is 1.18 bits per heavy atom. The summed E-state index contributed by atoms with van der Waals surface area (Å²) in [6, 6.07) is 5.32. The molecule has 1 saturated heterocycles. The Kier molecular flexibility index (Phi) is 5.04. The van der Waals surface area contributed by atoms with E-state index in [-0.39, 0.29) is 13.2 Å². The van der Waals surface area contributed by atoms with Crippen molar-refractivity contribution < 1.29 is 19.5 Å². The van der Waals surface area contributed by atoms with Crippen molar-refractivity contribution >= 4 is 24.8 Å². The van der Waals surface area contributed by atoms with Gasteiger partial charge in [0.15, 0.2) is 0 Å². The van der Waals surface area contributed by atoms with E-state index in [4.69, 9.17) is 20.9 Å². The number of hydrogen-bond donors (Lipinski definition) is 2. The molecule has 0 radical (unpaired) electrons. The quantitative estimate of drug-likeness (QED) is 0.836. The Morgan fingerprint density at radius 3 is 2.27 bits per heavy atom. The molecule has 0 amide bonds. The van der Waals surface area contributed by atoms with E-state index < -0.39 is 18.3 Å². The lowest BCUT2D eigenvalue weighted by Gasteiger charge is -2.32. The first-order valence-electron chi connectivity index (χ1n) is 7.26. The topological polar surface area (TPSA) is 58.9 Å². The fourth-order valence-corrected chi connectivity index (χ4v) is 2.38. The Morgan fingerprint density at radius 2 is 1.77 bits per heavy atom. The molecule has 6 heteroatoms. The lowest BCUT2D eigenvalue weighted by molar-refractivity contribution is 0.00578. The highest BCUT2D eigenvalue weighted by molar-refractivity contribution is 6.55. The van der Waals surface area contributed by atoms with Gasteiger partial charge in [-0.25, -0.2) is 0 Å². The van der Waals surface area contributed by atoms with Gasteiger partial charge in [-0.15, -0.1) is 0 Å². The molecule has 2 rings (SSSR count). The van der Waals surface area contributed by atoms with Gasteiger partial charge >= 0.3 is 7.12 Å². The van der Waals surface area contributed by atoms with Gasteiger partial charge in [0.05, 0.1) is 24.4 Å². The van der Waals surface area contributed by atoms with E-state index in [1.54, 1.807) is 18.2 Å². The second kappa shape index (κ2) is 6.34. The van der Waals surface area contributed by atoms with Crippen LogP contribution in [0.25, 0.3) is 6.08 Å². The van der Waals surface area contributed by atoms with Gasteiger partial charge in [0.2, 0.25) is 0 Å². The zero-order valence-electron chi connectivity index (χ0n) is 13.4. The van der Waals surface area contributed by atoms with Gasteiger partial charge in [0.1, 0.15) is 0 Å². The summed E-state index contributed by atoms with van der Waals surface area (Å²) >= 11 is 5.99. The van der Waals surface area contributed by atoms with Gasteiger partial charge in [0, 0.05) is 5.02 Å². The molecule has 120 valence electrons. The fourth-order valence-electron chi connectivity index (χ4n) is 2.20. The van der Waals surface area contributed by atoms with Crippen LogP contribution in [0, 0.1) is 0 Å². The van der Waals surface area contributed by atoms with E-state index in [1.807, 2.05) is 33.8 Å². The van der Waals surface area contributed by atoms with Gasteiger partial charge in [-0.2, -0.15) is 0 Å². The monoisotopic (exact) mass is 324 g/mol. The van der Waals surface area contributed by atoms with Crippen LogP contribution >= 0.6 is 11.6 Å². The van der Waals surface area contributed by atoms with E-state index in [9.17, 15) is 10.2 Å². The van der Waals surface area contributed by atoms with Crippen LogP contribution in [0.4, 0.5) is 0 Å². The van der Waals surface area contributed by atoms with Crippen LogP contribution in [0.3, 0.4) is 0 Å². The minimum absolute atomic E-state index is 0.133. The minimum Gasteiger partial charge on any atom is -0.400 e. The molecule has 0 aromatic heterocycles. The van der Waals surface area contributed by atoms with Crippen LogP contribution in [-0.4, -0.2) is 35.1 Å². The number of halogens is 1. The number of benzene rings is 1. The third-order valence-corrected chi connectivity index (χ3v) is 4.70. The molecule has 1 heterocycles. The van der Waals surface area contributed by atoms with E-state index in [0.717, 1.165) is 5.56 Å². The molecule has 0 atom stereocenters. The van der Waals surface area contributed by atoms with E-state index >= 15 is 0 Å². The highest BCUT2D eigenvalue weighted by Gasteiger charge is 2.52. The molecular weight excluding hydrogens is 302 g/mol. The molecule has 1 aromatic carbocycles. The molecule has 0 unspecified atom stereocenters. The summed E-state index contributed by atoms with van der Waals surface area (Å²) in [4.78, 5) is 0. The van der Waals surface area contributed by atoms with Gasteiger partial charge < -0.3 is 19.5 Å². The maximum absolute atomic E-state index is 9.67. The van der Waals surface area contributed by atoms with Crippen molar-refractivity contribution in [2.45, 2.75) is 45.5 Å². The molecule has 4 nitrogen and oxygen atoms in total.